The summed E-state index contributed by atoms with van der Waals surface area (Å²) in [4.78, 5) is 10.4. The molecule has 0 aliphatic rings. The lowest BCUT2D eigenvalue weighted by atomic mass is 10.1. The maximum absolute atomic E-state index is 12.4. The monoisotopic (exact) mass is 246 g/mol. The van der Waals surface area contributed by atoms with Gasteiger partial charge in [-0.25, -0.2) is 0 Å². The maximum atomic E-state index is 12.4. The summed E-state index contributed by atoms with van der Waals surface area (Å²) in [5, 5.41) is 2.84. The second-order valence-corrected chi connectivity index (χ2v) is 3.59. The molecule has 3 N–H and O–H groups in total. The summed E-state index contributed by atoms with van der Waals surface area (Å²) in [6.45, 7) is 0.628. The van der Waals surface area contributed by atoms with E-state index in [4.69, 9.17) is 5.73 Å². The van der Waals surface area contributed by atoms with Crippen LogP contribution >= 0.6 is 0 Å². The van der Waals surface area contributed by atoms with E-state index < -0.39 is 17.6 Å². The fourth-order valence-electron chi connectivity index (χ4n) is 1.30. The van der Waals surface area contributed by atoms with Crippen LogP contribution in [0.3, 0.4) is 0 Å². The molecule has 94 valence electrons. The van der Waals surface area contributed by atoms with E-state index in [9.17, 15) is 18.0 Å². The standard InChI is InChI=1S/C11H13F3N2O/c12-11(13,14)9-3-1-2-8(6-9)7-16-5-4-10(15)17/h1-3,6,16H,4-5,7H2,(H2,15,17). The van der Waals surface area contributed by atoms with Crippen LogP contribution < -0.4 is 11.1 Å². The van der Waals surface area contributed by atoms with Crippen LogP contribution in [0, 0.1) is 0 Å². The highest BCUT2D eigenvalue weighted by Crippen LogP contribution is 2.29. The summed E-state index contributed by atoms with van der Waals surface area (Å²) >= 11 is 0. The summed E-state index contributed by atoms with van der Waals surface area (Å²) in [5.74, 6) is -0.443. The number of primary amides is 1. The van der Waals surface area contributed by atoms with Crippen LogP contribution in [0.15, 0.2) is 24.3 Å². The number of amides is 1. The van der Waals surface area contributed by atoms with E-state index in [0.29, 0.717) is 12.1 Å². The second kappa shape index (κ2) is 5.67. The van der Waals surface area contributed by atoms with Gasteiger partial charge in [0.2, 0.25) is 5.91 Å². The molecule has 0 saturated carbocycles. The van der Waals surface area contributed by atoms with Crippen LogP contribution in [0.4, 0.5) is 13.2 Å². The van der Waals surface area contributed by atoms with Crippen molar-refractivity contribution in [2.24, 2.45) is 5.73 Å². The smallest absolute Gasteiger partial charge is 0.370 e. The highest BCUT2D eigenvalue weighted by Gasteiger charge is 2.30. The average Bonchev–Trinajstić information content (AvgIpc) is 2.23. The van der Waals surface area contributed by atoms with Crippen LogP contribution in [0.1, 0.15) is 17.5 Å². The molecule has 0 spiro atoms. The van der Waals surface area contributed by atoms with Gasteiger partial charge in [-0.05, 0) is 11.6 Å². The van der Waals surface area contributed by atoms with Crippen LogP contribution in [-0.4, -0.2) is 12.5 Å². The third-order valence-corrected chi connectivity index (χ3v) is 2.13. The van der Waals surface area contributed by atoms with E-state index in [1.54, 1.807) is 6.07 Å². The molecule has 1 rings (SSSR count). The Kier molecular flexibility index (Phi) is 4.51. The van der Waals surface area contributed by atoms with Gasteiger partial charge in [0.05, 0.1) is 5.56 Å². The van der Waals surface area contributed by atoms with Crippen molar-refractivity contribution >= 4 is 5.91 Å². The van der Waals surface area contributed by atoms with Gasteiger partial charge >= 0.3 is 6.18 Å². The van der Waals surface area contributed by atoms with Crippen LogP contribution in [-0.2, 0) is 17.5 Å². The van der Waals surface area contributed by atoms with Gasteiger partial charge in [0.1, 0.15) is 0 Å². The number of halogens is 3. The number of rotatable bonds is 5. The van der Waals surface area contributed by atoms with Gasteiger partial charge in [0, 0.05) is 19.5 Å². The van der Waals surface area contributed by atoms with Gasteiger partial charge in [0.15, 0.2) is 0 Å². The zero-order valence-electron chi connectivity index (χ0n) is 9.05. The third-order valence-electron chi connectivity index (χ3n) is 2.13. The van der Waals surface area contributed by atoms with Crippen molar-refractivity contribution < 1.29 is 18.0 Å². The minimum absolute atomic E-state index is 0.166. The van der Waals surface area contributed by atoms with Crippen molar-refractivity contribution in [2.45, 2.75) is 19.1 Å². The molecule has 0 aliphatic carbocycles. The van der Waals surface area contributed by atoms with Crippen molar-refractivity contribution in [3.05, 3.63) is 35.4 Å². The van der Waals surface area contributed by atoms with Crippen molar-refractivity contribution in [2.75, 3.05) is 6.54 Å². The average molecular weight is 246 g/mol. The van der Waals surface area contributed by atoms with E-state index >= 15 is 0 Å². The number of nitrogens with one attached hydrogen (secondary N) is 1. The normalized spacial score (nSPS) is 11.5. The first kappa shape index (κ1) is 13.5. The summed E-state index contributed by atoms with van der Waals surface area (Å²) < 4.78 is 37.1. The molecule has 0 unspecified atom stereocenters. The first-order valence-corrected chi connectivity index (χ1v) is 5.05. The summed E-state index contributed by atoms with van der Waals surface area (Å²) in [7, 11) is 0. The second-order valence-electron chi connectivity index (χ2n) is 3.59. The summed E-state index contributed by atoms with van der Waals surface area (Å²) in [5.41, 5.74) is 4.77. The van der Waals surface area contributed by atoms with Crippen molar-refractivity contribution in [1.82, 2.24) is 5.32 Å². The molecular weight excluding hydrogens is 233 g/mol. The Bertz CT molecular complexity index is 391. The Morgan fingerprint density at radius 1 is 1.35 bits per heavy atom. The Morgan fingerprint density at radius 3 is 2.65 bits per heavy atom. The summed E-state index contributed by atoms with van der Waals surface area (Å²) in [6.07, 6.45) is -4.16. The topological polar surface area (TPSA) is 55.1 Å². The predicted octanol–water partition coefficient (Wildman–Crippen LogP) is 1.67. The Hall–Kier alpha value is -1.56. The fraction of sp³-hybridized carbons (Fsp3) is 0.364. The minimum atomic E-state index is -4.33. The molecule has 0 atom stereocenters. The molecule has 1 amide bonds. The number of hydrogen-bond acceptors (Lipinski definition) is 2. The van der Waals surface area contributed by atoms with Crippen LogP contribution in [0.25, 0.3) is 0 Å². The molecule has 0 heterocycles. The minimum Gasteiger partial charge on any atom is -0.370 e. The molecule has 6 heteroatoms. The van der Waals surface area contributed by atoms with E-state index in [0.717, 1.165) is 12.1 Å². The molecular formula is C11H13F3N2O. The van der Waals surface area contributed by atoms with Crippen molar-refractivity contribution in [1.29, 1.82) is 0 Å². The highest BCUT2D eigenvalue weighted by molar-refractivity contribution is 5.73. The number of hydrogen-bond donors (Lipinski definition) is 2. The number of carbonyl (C=O) groups is 1. The lowest BCUT2D eigenvalue weighted by molar-refractivity contribution is -0.137. The lowest BCUT2D eigenvalue weighted by Crippen LogP contribution is -2.21. The molecule has 0 fully saturated rings. The van der Waals surface area contributed by atoms with Gasteiger partial charge in [-0.15, -0.1) is 0 Å². The zero-order chi connectivity index (χ0) is 12.9. The first-order chi connectivity index (χ1) is 7.89. The zero-order valence-corrected chi connectivity index (χ0v) is 9.05. The lowest BCUT2D eigenvalue weighted by Gasteiger charge is -2.09. The van der Waals surface area contributed by atoms with Gasteiger partial charge in [-0.3, -0.25) is 4.79 Å². The SMILES string of the molecule is NC(=O)CCNCc1cccc(C(F)(F)F)c1. The maximum Gasteiger partial charge on any atom is 0.416 e. The first-order valence-electron chi connectivity index (χ1n) is 5.05. The molecule has 0 radical (unpaired) electrons. The van der Waals surface area contributed by atoms with Crippen molar-refractivity contribution in [3.63, 3.8) is 0 Å². The van der Waals surface area contributed by atoms with Crippen LogP contribution in [0.2, 0.25) is 0 Å². The molecule has 0 bridgehead atoms. The molecule has 1 aromatic carbocycles. The number of benzene rings is 1. The van der Waals surface area contributed by atoms with Gasteiger partial charge in [-0.1, -0.05) is 18.2 Å². The van der Waals surface area contributed by atoms with Crippen LogP contribution in [0.5, 0.6) is 0 Å². The molecule has 0 saturated heterocycles. The van der Waals surface area contributed by atoms with E-state index in [-0.39, 0.29) is 13.0 Å². The van der Waals surface area contributed by atoms with Gasteiger partial charge in [-0.2, -0.15) is 13.2 Å². The molecule has 3 nitrogen and oxygen atoms in total. The molecule has 1 aromatic rings. The third kappa shape index (κ3) is 4.86. The number of nitrogens with two attached hydrogens (primary N) is 1. The number of carbonyl (C=O) groups excluding carboxylic acids is 1. The highest BCUT2D eigenvalue weighted by atomic mass is 19.4. The molecule has 0 aliphatic heterocycles. The molecule has 0 aromatic heterocycles. The fourth-order valence-corrected chi connectivity index (χ4v) is 1.30. The van der Waals surface area contributed by atoms with Crippen molar-refractivity contribution in [3.8, 4) is 0 Å². The molecule has 17 heavy (non-hydrogen) atoms. The summed E-state index contributed by atoms with van der Waals surface area (Å²) in [6, 6.07) is 5.05. The quantitative estimate of drug-likeness (QED) is 0.776. The number of alkyl halides is 3. The van der Waals surface area contributed by atoms with E-state index in [2.05, 4.69) is 5.32 Å². The van der Waals surface area contributed by atoms with E-state index in [1.807, 2.05) is 0 Å². The van der Waals surface area contributed by atoms with E-state index in [1.165, 1.54) is 6.07 Å². The Labute approximate surface area is 96.8 Å². The Balaban J connectivity index is 2.52. The predicted molar refractivity (Wildman–Crippen MR) is 57.0 cm³/mol. The van der Waals surface area contributed by atoms with Gasteiger partial charge < -0.3 is 11.1 Å². The largest absolute Gasteiger partial charge is 0.416 e. The van der Waals surface area contributed by atoms with Gasteiger partial charge in [0.25, 0.3) is 0 Å². The Morgan fingerprint density at radius 2 is 2.06 bits per heavy atom.